The lowest BCUT2D eigenvalue weighted by Crippen LogP contribution is -2.05. The van der Waals surface area contributed by atoms with Gasteiger partial charge in [-0.25, -0.2) is 4.98 Å². The minimum Gasteiger partial charge on any atom is -0.316 e. The molecule has 0 saturated heterocycles. The van der Waals surface area contributed by atoms with E-state index in [0.717, 1.165) is 66.6 Å². The van der Waals surface area contributed by atoms with Crippen molar-refractivity contribution >= 4 is 54.5 Å². The highest BCUT2D eigenvalue weighted by Gasteiger charge is 2.23. The summed E-state index contributed by atoms with van der Waals surface area (Å²) in [5, 5.41) is 6.88. The first kappa shape index (κ1) is 29.5. The highest BCUT2D eigenvalue weighted by molar-refractivity contribution is 6.18. The molecule has 0 aliphatic heterocycles. The minimum atomic E-state index is 0.627. The van der Waals surface area contributed by atoms with Crippen LogP contribution in [0.25, 0.3) is 94.2 Å². The molecule has 0 radical (unpaired) electrons. The number of nitrogens with zero attached hydrogens (tertiary/aromatic N) is 5. The number of rotatable bonds is 5. The molecule has 0 amide bonds. The maximum absolute atomic E-state index is 5.59. The fraction of sp³-hybridized carbons (Fsp3) is 0. The smallest absolute Gasteiger partial charge is 0.237 e. The third-order valence-corrected chi connectivity index (χ3v) is 10.6. The Morgan fingerprint density at radius 3 is 1.81 bits per heavy atom. The molecule has 0 unspecified atom stereocenters. The van der Waals surface area contributed by atoms with Crippen molar-refractivity contribution in [2.45, 2.75) is 0 Å². The molecular formula is C48H31N5. The molecule has 0 saturated carbocycles. The van der Waals surface area contributed by atoms with Crippen LogP contribution in [0.5, 0.6) is 0 Å². The molecular weight excluding hydrogens is 647 g/mol. The van der Waals surface area contributed by atoms with Gasteiger partial charge in [-0.2, -0.15) is 4.98 Å². The third kappa shape index (κ3) is 4.51. The predicted octanol–water partition coefficient (Wildman–Crippen LogP) is 11.9. The lowest BCUT2D eigenvalue weighted by molar-refractivity contribution is 0.990. The summed E-state index contributed by atoms with van der Waals surface area (Å²) in [5.41, 5.74) is 10.6. The first-order valence-electron chi connectivity index (χ1n) is 17.9. The summed E-state index contributed by atoms with van der Waals surface area (Å²) < 4.78 is 6.71. The van der Waals surface area contributed by atoms with Crippen molar-refractivity contribution in [1.82, 2.24) is 23.7 Å². The summed E-state index contributed by atoms with van der Waals surface area (Å²) in [6, 6.07) is 62.2. The van der Waals surface area contributed by atoms with E-state index in [4.69, 9.17) is 9.97 Å². The van der Waals surface area contributed by atoms with Crippen LogP contribution >= 0.6 is 0 Å². The van der Waals surface area contributed by atoms with E-state index in [2.05, 4.69) is 196 Å². The average molecular weight is 678 g/mol. The minimum absolute atomic E-state index is 0.627. The van der Waals surface area contributed by atoms with Gasteiger partial charge in [0.05, 0.1) is 22.2 Å². The average Bonchev–Trinajstić information content (AvgIpc) is 3.95. The molecule has 5 heteroatoms. The first-order valence-corrected chi connectivity index (χ1v) is 17.9. The molecule has 0 aliphatic carbocycles. The summed E-state index contributed by atoms with van der Waals surface area (Å²) in [4.78, 5) is 11.1. The molecule has 11 aromatic rings. The van der Waals surface area contributed by atoms with Crippen LogP contribution < -0.4 is 0 Å². The lowest BCUT2D eigenvalue weighted by atomic mass is 9.92. The van der Waals surface area contributed by atoms with Crippen LogP contribution in [0.15, 0.2) is 188 Å². The van der Waals surface area contributed by atoms with Crippen molar-refractivity contribution in [3.05, 3.63) is 188 Å². The monoisotopic (exact) mass is 677 g/mol. The Kier molecular flexibility index (Phi) is 6.48. The van der Waals surface area contributed by atoms with Gasteiger partial charge in [0.1, 0.15) is 0 Å². The van der Waals surface area contributed by atoms with Gasteiger partial charge in [-0.05, 0) is 70.4 Å². The molecule has 0 fully saturated rings. The third-order valence-electron chi connectivity index (χ3n) is 10.6. The summed E-state index contributed by atoms with van der Waals surface area (Å²) in [6.07, 6.45) is 4.28. The molecule has 4 aromatic heterocycles. The molecule has 0 bridgehead atoms. The normalized spacial score (nSPS) is 11.8. The maximum atomic E-state index is 5.59. The zero-order chi connectivity index (χ0) is 34.9. The summed E-state index contributed by atoms with van der Waals surface area (Å²) in [6.45, 7) is 0. The van der Waals surface area contributed by atoms with Gasteiger partial charge in [0.2, 0.25) is 5.95 Å². The predicted molar refractivity (Wildman–Crippen MR) is 218 cm³/mol. The molecule has 11 rings (SSSR count). The summed E-state index contributed by atoms with van der Waals surface area (Å²) in [5.74, 6) is 0.627. The standard InChI is InChI=1S/C48H31N5/c1-3-16-33(17-4-1)51-30-28-41-43(51)27-26-40-38-22-11-12-25-44(38)53(46(40)41)48-49-45(42-29-31-52(47(42)50-48)34-18-5-2-6-19-34)39-23-10-9-21-37(39)36-24-13-15-32-14-7-8-20-35(32)36/h1-31H. The van der Waals surface area contributed by atoms with Crippen molar-refractivity contribution in [2.24, 2.45) is 0 Å². The van der Waals surface area contributed by atoms with Crippen molar-refractivity contribution in [3.63, 3.8) is 0 Å². The fourth-order valence-corrected chi connectivity index (χ4v) is 8.19. The van der Waals surface area contributed by atoms with Gasteiger partial charge in [-0.3, -0.25) is 4.57 Å². The lowest BCUT2D eigenvalue weighted by Gasteiger charge is -2.15. The van der Waals surface area contributed by atoms with Gasteiger partial charge >= 0.3 is 0 Å². The van der Waals surface area contributed by atoms with Crippen LogP contribution in [0.3, 0.4) is 0 Å². The van der Waals surface area contributed by atoms with E-state index in [1.807, 2.05) is 6.07 Å². The molecule has 248 valence electrons. The number of fused-ring (bicyclic) bond motifs is 7. The highest BCUT2D eigenvalue weighted by Crippen LogP contribution is 2.41. The number of benzene rings is 7. The van der Waals surface area contributed by atoms with E-state index in [0.29, 0.717) is 5.95 Å². The van der Waals surface area contributed by atoms with Crippen LogP contribution in [-0.4, -0.2) is 23.7 Å². The Hall–Kier alpha value is -7.24. The SMILES string of the molecule is c1ccc(-n2ccc3c2ccc2c4ccccc4n(-c4nc(-c5ccccc5-c5cccc6ccccc56)c5ccn(-c6ccccc6)c5n4)c23)cc1. The van der Waals surface area contributed by atoms with Gasteiger partial charge in [0.25, 0.3) is 0 Å². The number of hydrogen-bond donors (Lipinski definition) is 0. The summed E-state index contributed by atoms with van der Waals surface area (Å²) >= 11 is 0. The second-order valence-corrected chi connectivity index (χ2v) is 13.5. The van der Waals surface area contributed by atoms with E-state index >= 15 is 0 Å². The molecule has 5 nitrogen and oxygen atoms in total. The second kappa shape index (κ2) is 11.7. The van der Waals surface area contributed by atoms with Crippen molar-refractivity contribution in [1.29, 1.82) is 0 Å². The van der Waals surface area contributed by atoms with Crippen molar-refractivity contribution in [2.75, 3.05) is 0 Å². The molecule has 0 atom stereocenters. The first-order chi connectivity index (χ1) is 26.3. The molecule has 53 heavy (non-hydrogen) atoms. The van der Waals surface area contributed by atoms with E-state index in [1.54, 1.807) is 0 Å². The van der Waals surface area contributed by atoms with Crippen LogP contribution in [0, 0.1) is 0 Å². The molecule has 7 aromatic carbocycles. The van der Waals surface area contributed by atoms with Crippen LogP contribution in [0.4, 0.5) is 0 Å². The van der Waals surface area contributed by atoms with Gasteiger partial charge < -0.3 is 9.13 Å². The van der Waals surface area contributed by atoms with Crippen LogP contribution in [-0.2, 0) is 0 Å². The molecule has 4 heterocycles. The Labute approximate surface area is 305 Å². The van der Waals surface area contributed by atoms with E-state index < -0.39 is 0 Å². The Morgan fingerprint density at radius 1 is 0.358 bits per heavy atom. The van der Waals surface area contributed by atoms with E-state index in [-0.39, 0.29) is 0 Å². The highest BCUT2D eigenvalue weighted by atomic mass is 15.2. The van der Waals surface area contributed by atoms with Crippen LogP contribution in [0.2, 0.25) is 0 Å². The molecule has 0 spiro atoms. The summed E-state index contributed by atoms with van der Waals surface area (Å²) in [7, 11) is 0. The van der Waals surface area contributed by atoms with Crippen molar-refractivity contribution < 1.29 is 0 Å². The largest absolute Gasteiger partial charge is 0.316 e. The topological polar surface area (TPSA) is 40.6 Å². The number of hydrogen-bond acceptors (Lipinski definition) is 2. The van der Waals surface area contributed by atoms with E-state index in [9.17, 15) is 0 Å². The van der Waals surface area contributed by atoms with Gasteiger partial charge in [0.15, 0.2) is 5.65 Å². The Morgan fingerprint density at radius 2 is 0.981 bits per heavy atom. The zero-order valence-electron chi connectivity index (χ0n) is 28.6. The number of para-hydroxylation sites is 3. The van der Waals surface area contributed by atoms with E-state index in [1.165, 1.54) is 21.7 Å². The fourth-order valence-electron chi connectivity index (χ4n) is 8.19. The molecule has 0 aliphatic rings. The van der Waals surface area contributed by atoms with Gasteiger partial charge in [0, 0.05) is 50.9 Å². The Balaban J connectivity index is 1.25. The zero-order valence-corrected chi connectivity index (χ0v) is 28.6. The van der Waals surface area contributed by atoms with Gasteiger partial charge in [-0.1, -0.05) is 127 Å². The Bertz CT molecular complexity index is 3160. The van der Waals surface area contributed by atoms with Crippen molar-refractivity contribution in [3.8, 4) is 39.7 Å². The van der Waals surface area contributed by atoms with Crippen LogP contribution in [0.1, 0.15) is 0 Å². The molecule has 0 N–H and O–H groups in total. The van der Waals surface area contributed by atoms with Gasteiger partial charge in [-0.15, -0.1) is 0 Å². The quantitative estimate of drug-likeness (QED) is 0.182. The number of aromatic nitrogens is 5. The second-order valence-electron chi connectivity index (χ2n) is 13.5. The maximum Gasteiger partial charge on any atom is 0.237 e.